The molecule has 0 aliphatic heterocycles. The first-order valence-corrected chi connectivity index (χ1v) is 5.06. The third kappa shape index (κ3) is 3.43. The second-order valence-electron chi connectivity index (χ2n) is 3.26. The number of hydrogen-bond donors (Lipinski definition) is 4. The molecule has 2 amide bonds. The number of carbonyl (C=O) groups is 1. The molecule has 0 spiro atoms. The topological polar surface area (TPSA) is 105 Å². The van der Waals surface area contributed by atoms with Gasteiger partial charge in [0.1, 0.15) is 5.82 Å². The lowest BCUT2D eigenvalue weighted by atomic mass is 10.3. The van der Waals surface area contributed by atoms with Crippen molar-refractivity contribution in [1.82, 2.24) is 20.4 Å². The van der Waals surface area contributed by atoms with Crippen molar-refractivity contribution < 1.29 is 9.90 Å². The number of aromatic nitrogens is 2. The summed E-state index contributed by atoms with van der Waals surface area (Å²) in [7, 11) is 1.56. The van der Waals surface area contributed by atoms with Gasteiger partial charge >= 0.3 is 6.03 Å². The second-order valence-corrected chi connectivity index (χ2v) is 3.26. The molecule has 1 aromatic heterocycles. The molecule has 1 aromatic rings. The number of urea groups is 1. The molecule has 90 valence electrons. The van der Waals surface area contributed by atoms with Crippen molar-refractivity contribution in [3.8, 4) is 0 Å². The largest absolute Gasteiger partial charge is 0.394 e. The Morgan fingerprint density at radius 3 is 3.06 bits per heavy atom. The van der Waals surface area contributed by atoms with Crippen LogP contribution in [0.3, 0.4) is 0 Å². The van der Waals surface area contributed by atoms with E-state index >= 15 is 0 Å². The first-order valence-electron chi connectivity index (χ1n) is 5.06. The highest BCUT2D eigenvalue weighted by atomic mass is 16.3. The Kier molecular flexibility index (Phi) is 4.59. The van der Waals surface area contributed by atoms with E-state index in [1.807, 2.05) is 0 Å². The number of carbonyl (C=O) groups excluding carboxylic acids is 1. The van der Waals surface area contributed by atoms with Crippen LogP contribution in [0.1, 0.15) is 5.69 Å². The number of amides is 2. The van der Waals surface area contributed by atoms with Crippen LogP contribution in [-0.4, -0.2) is 41.1 Å². The fourth-order valence-corrected chi connectivity index (χ4v) is 1.28. The molecule has 0 unspecified atom stereocenters. The van der Waals surface area contributed by atoms with Crippen LogP contribution < -0.4 is 16.4 Å². The van der Waals surface area contributed by atoms with Crippen LogP contribution in [-0.2, 0) is 13.0 Å². The molecule has 0 atom stereocenters. The van der Waals surface area contributed by atoms with Gasteiger partial charge in [-0.25, -0.2) is 9.48 Å². The zero-order valence-corrected chi connectivity index (χ0v) is 9.23. The van der Waals surface area contributed by atoms with Crippen LogP contribution in [0.25, 0.3) is 0 Å². The van der Waals surface area contributed by atoms with Crippen molar-refractivity contribution in [3.63, 3.8) is 0 Å². The number of aliphatic hydroxyl groups is 1. The van der Waals surface area contributed by atoms with E-state index in [0.29, 0.717) is 25.3 Å². The zero-order chi connectivity index (χ0) is 12.0. The Hall–Kier alpha value is -1.76. The highest BCUT2D eigenvalue weighted by Gasteiger charge is 2.04. The molecular weight excluding hydrogens is 210 g/mol. The second kappa shape index (κ2) is 5.96. The van der Waals surface area contributed by atoms with Gasteiger partial charge in [0.2, 0.25) is 0 Å². The lowest BCUT2D eigenvalue weighted by molar-refractivity contribution is 0.243. The van der Waals surface area contributed by atoms with Crippen molar-refractivity contribution in [2.45, 2.75) is 13.0 Å². The molecule has 0 radical (unpaired) electrons. The first kappa shape index (κ1) is 12.3. The molecule has 0 aliphatic carbocycles. The zero-order valence-electron chi connectivity index (χ0n) is 9.23. The van der Waals surface area contributed by atoms with Gasteiger partial charge in [-0.1, -0.05) is 0 Å². The minimum absolute atomic E-state index is 0.00180. The van der Waals surface area contributed by atoms with Crippen LogP contribution in [0.15, 0.2) is 6.07 Å². The van der Waals surface area contributed by atoms with E-state index in [4.69, 9.17) is 10.8 Å². The first-order chi connectivity index (χ1) is 7.67. The smallest absolute Gasteiger partial charge is 0.314 e. The minimum atomic E-state index is -0.220. The number of nitrogen functional groups attached to an aromatic ring is 1. The van der Waals surface area contributed by atoms with Crippen molar-refractivity contribution in [2.75, 3.05) is 25.9 Å². The summed E-state index contributed by atoms with van der Waals surface area (Å²) in [6, 6.07) is 1.52. The van der Waals surface area contributed by atoms with Crippen LogP contribution in [0.5, 0.6) is 0 Å². The maximum atomic E-state index is 10.9. The van der Waals surface area contributed by atoms with Crippen LogP contribution in [0.2, 0.25) is 0 Å². The summed E-state index contributed by atoms with van der Waals surface area (Å²) in [5, 5.41) is 18.0. The van der Waals surface area contributed by atoms with Gasteiger partial charge in [0.05, 0.1) is 18.8 Å². The number of anilines is 1. The van der Waals surface area contributed by atoms with Gasteiger partial charge < -0.3 is 21.5 Å². The summed E-state index contributed by atoms with van der Waals surface area (Å²) in [5.74, 6) is 0.518. The van der Waals surface area contributed by atoms with Crippen molar-refractivity contribution >= 4 is 11.8 Å². The standard InChI is InChI=1S/C9H17N5O2/c1-11-9(16)12-3-2-7-6-8(10)14(13-7)4-5-15/h6,15H,2-5,10H2,1H3,(H2,11,12,16). The van der Waals surface area contributed by atoms with E-state index in [1.165, 1.54) is 4.68 Å². The van der Waals surface area contributed by atoms with Crippen molar-refractivity contribution in [2.24, 2.45) is 0 Å². The molecule has 0 saturated carbocycles. The van der Waals surface area contributed by atoms with Gasteiger partial charge in [0.15, 0.2) is 0 Å². The van der Waals surface area contributed by atoms with E-state index < -0.39 is 0 Å². The van der Waals surface area contributed by atoms with Gasteiger partial charge in [0, 0.05) is 26.1 Å². The molecule has 5 N–H and O–H groups in total. The molecule has 16 heavy (non-hydrogen) atoms. The van der Waals surface area contributed by atoms with Gasteiger partial charge in [-0.2, -0.15) is 5.10 Å². The number of aliphatic hydroxyl groups excluding tert-OH is 1. The lowest BCUT2D eigenvalue weighted by Gasteiger charge is -2.02. The molecular formula is C9H17N5O2. The molecule has 7 heteroatoms. The fourth-order valence-electron chi connectivity index (χ4n) is 1.28. The maximum Gasteiger partial charge on any atom is 0.314 e. The molecule has 1 heterocycles. The number of nitrogens with two attached hydrogens (primary N) is 1. The third-order valence-corrected chi connectivity index (χ3v) is 2.07. The fraction of sp³-hybridized carbons (Fsp3) is 0.556. The predicted octanol–water partition coefficient (Wildman–Crippen LogP) is -1.07. The molecule has 1 rings (SSSR count). The average molecular weight is 227 g/mol. The van der Waals surface area contributed by atoms with Gasteiger partial charge in [-0.05, 0) is 0 Å². The summed E-state index contributed by atoms with van der Waals surface area (Å²) in [6.07, 6.45) is 0.607. The summed E-state index contributed by atoms with van der Waals surface area (Å²) < 4.78 is 1.54. The summed E-state index contributed by atoms with van der Waals surface area (Å²) in [4.78, 5) is 10.9. The predicted molar refractivity (Wildman–Crippen MR) is 59.9 cm³/mol. The SMILES string of the molecule is CNC(=O)NCCc1cc(N)n(CCO)n1. The van der Waals surface area contributed by atoms with E-state index in [0.717, 1.165) is 5.69 Å². The Morgan fingerprint density at radius 1 is 1.69 bits per heavy atom. The summed E-state index contributed by atoms with van der Waals surface area (Å²) in [6.45, 7) is 0.881. The number of nitrogens with one attached hydrogen (secondary N) is 2. The highest BCUT2D eigenvalue weighted by molar-refractivity contribution is 5.73. The number of hydrogen-bond acceptors (Lipinski definition) is 4. The number of rotatable bonds is 5. The molecule has 7 nitrogen and oxygen atoms in total. The van der Waals surface area contributed by atoms with Crippen molar-refractivity contribution in [3.05, 3.63) is 11.8 Å². The minimum Gasteiger partial charge on any atom is -0.394 e. The number of nitrogens with zero attached hydrogens (tertiary/aromatic N) is 2. The summed E-state index contributed by atoms with van der Waals surface area (Å²) >= 11 is 0. The molecule has 0 fully saturated rings. The quantitative estimate of drug-likeness (QED) is 0.514. The van der Waals surface area contributed by atoms with Crippen LogP contribution in [0, 0.1) is 0 Å². The average Bonchev–Trinajstić information content (AvgIpc) is 2.60. The van der Waals surface area contributed by atoms with Gasteiger partial charge in [0.25, 0.3) is 0 Å². The van der Waals surface area contributed by atoms with E-state index in [1.54, 1.807) is 13.1 Å². The Morgan fingerprint density at radius 2 is 2.44 bits per heavy atom. The van der Waals surface area contributed by atoms with E-state index in [2.05, 4.69) is 15.7 Å². The van der Waals surface area contributed by atoms with E-state index in [-0.39, 0.29) is 12.6 Å². The lowest BCUT2D eigenvalue weighted by Crippen LogP contribution is -2.34. The highest BCUT2D eigenvalue weighted by Crippen LogP contribution is 2.06. The third-order valence-electron chi connectivity index (χ3n) is 2.07. The Bertz CT molecular complexity index is 350. The van der Waals surface area contributed by atoms with Crippen LogP contribution in [0.4, 0.5) is 10.6 Å². The van der Waals surface area contributed by atoms with Gasteiger partial charge in [-0.3, -0.25) is 0 Å². The van der Waals surface area contributed by atoms with Crippen LogP contribution >= 0.6 is 0 Å². The van der Waals surface area contributed by atoms with Gasteiger partial charge in [-0.15, -0.1) is 0 Å². The van der Waals surface area contributed by atoms with Crippen molar-refractivity contribution in [1.29, 1.82) is 0 Å². The Labute approximate surface area is 93.6 Å². The molecule has 0 saturated heterocycles. The maximum absolute atomic E-state index is 10.9. The molecule has 0 bridgehead atoms. The monoisotopic (exact) mass is 227 g/mol. The molecule has 0 aromatic carbocycles. The Balaban J connectivity index is 2.42. The van der Waals surface area contributed by atoms with E-state index in [9.17, 15) is 4.79 Å². The normalized spacial score (nSPS) is 10.1. The summed E-state index contributed by atoms with van der Waals surface area (Å²) in [5.41, 5.74) is 6.47. The molecule has 0 aliphatic rings.